The van der Waals surface area contributed by atoms with Gasteiger partial charge in [0, 0.05) is 6.04 Å². The van der Waals surface area contributed by atoms with Crippen molar-refractivity contribution in [3.8, 4) is 5.75 Å². The van der Waals surface area contributed by atoms with E-state index in [1.54, 1.807) is 17.8 Å². The minimum Gasteiger partial charge on any atom is -0.507 e. The van der Waals surface area contributed by atoms with Gasteiger partial charge in [-0.1, -0.05) is 18.6 Å². The van der Waals surface area contributed by atoms with Crippen LogP contribution >= 0.6 is 11.8 Å². The Labute approximate surface area is 101 Å². The van der Waals surface area contributed by atoms with Crippen LogP contribution < -0.4 is 5.32 Å². The number of thioether (sulfide) groups is 1. The molecule has 2 rings (SSSR count). The molecule has 0 aliphatic carbocycles. The van der Waals surface area contributed by atoms with E-state index < -0.39 is 0 Å². The maximum atomic E-state index is 9.78. The van der Waals surface area contributed by atoms with Gasteiger partial charge in [-0.25, -0.2) is 0 Å². The predicted octanol–water partition coefficient (Wildman–Crippen LogP) is 2.80. The minimum atomic E-state index is 0.417. The topological polar surface area (TPSA) is 32.3 Å². The van der Waals surface area contributed by atoms with Gasteiger partial charge in [-0.3, -0.25) is 0 Å². The van der Waals surface area contributed by atoms with Gasteiger partial charge in [0.2, 0.25) is 0 Å². The van der Waals surface area contributed by atoms with Crippen molar-refractivity contribution in [3.63, 3.8) is 0 Å². The summed E-state index contributed by atoms with van der Waals surface area (Å²) < 4.78 is 0. The van der Waals surface area contributed by atoms with Crippen molar-refractivity contribution in [3.05, 3.63) is 23.8 Å². The first kappa shape index (κ1) is 11.8. The summed E-state index contributed by atoms with van der Waals surface area (Å²) in [6.07, 6.45) is 6.93. The van der Waals surface area contributed by atoms with Crippen LogP contribution in [0.3, 0.4) is 0 Å². The second-order valence-electron chi connectivity index (χ2n) is 4.32. The third-order valence-electron chi connectivity index (χ3n) is 3.16. The zero-order valence-corrected chi connectivity index (χ0v) is 10.5. The van der Waals surface area contributed by atoms with E-state index in [1.165, 1.54) is 24.8 Å². The third-order valence-corrected chi connectivity index (χ3v) is 4.04. The molecule has 1 heterocycles. The number of phenols is 1. The van der Waals surface area contributed by atoms with Crippen molar-refractivity contribution in [2.75, 3.05) is 12.8 Å². The first-order valence-electron chi connectivity index (χ1n) is 5.89. The van der Waals surface area contributed by atoms with Gasteiger partial charge >= 0.3 is 0 Å². The van der Waals surface area contributed by atoms with Crippen LogP contribution in [0.2, 0.25) is 0 Å². The lowest BCUT2D eigenvalue weighted by molar-refractivity contribution is 0.396. The van der Waals surface area contributed by atoms with Gasteiger partial charge in [-0.05, 0) is 43.7 Å². The van der Waals surface area contributed by atoms with E-state index in [4.69, 9.17) is 0 Å². The van der Waals surface area contributed by atoms with Crippen molar-refractivity contribution >= 4 is 11.8 Å². The third kappa shape index (κ3) is 2.71. The number of nitrogens with one attached hydrogen (secondary N) is 1. The normalized spacial score (nSPS) is 20.9. The molecule has 1 unspecified atom stereocenters. The number of piperidine rings is 1. The fraction of sp³-hybridized carbons (Fsp3) is 0.538. The minimum absolute atomic E-state index is 0.417. The molecule has 1 saturated heterocycles. The monoisotopic (exact) mass is 237 g/mol. The van der Waals surface area contributed by atoms with Crippen molar-refractivity contribution in [2.45, 2.75) is 36.6 Å². The van der Waals surface area contributed by atoms with Crippen LogP contribution in [0, 0.1) is 0 Å². The quantitative estimate of drug-likeness (QED) is 0.793. The van der Waals surface area contributed by atoms with Crippen molar-refractivity contribution in [2.24, 2.45) is 0 Å². The van der Waals surface area contributed by atoms with Gasteiger partial charge in [0.15, 0.2) is 0 Å². The Morgan fingerprint density at radius 2 is 2.31 bits per heavy atom. The molecule has 0 amide bonds. The standard InChI is InChI=1S/C13H19NOS/c1-16-13-10(5-4-7-12(13)15)9-11-6-2-3-8-14-11/h4-5,7,11,14-15H,2-3,6,8-9H2,1H3. The van der Waals surface area contributed by atoms with E-state index in [2.05, 4.69) is 11.4 Å². The molecular weight excluding hydrogens is 218 g/mol. The maximum absolute atomic E-state index is 9.78. The first-order valence-corrected chi connectivity index (χ1v) is 7.12. The summed E-state index contributed by atoms with van der Waals surface area (Å²) in [5.41, 5.74) is 1.27. The molecule has 1 aliphatic rings. The Kier molecular flexibility index (Phi) is 4.13. The van der Waals surface area contributed by atoms with E-state index in [0.29, 0.717) is 11.8 Å². The van der Waals surface area contributed by atoms with Crippen LogP contribution in [-0.2, 0) is 6.42 Å². The molecule has 16 heavy (non-hydrogen) atoms. The van der Waals surface area contributed by atoms with Crippen molar-refractivity contribution in [1.82, 2.24) is 5.32 Å². The smallest absolute Gasteiger partial charge is 0.129 e. The van der Waals surface area contributed by atoms with Crippen LogP contribution in [0.5, 0.6) is 5.75 Å². The molecule has 2 nitrogen and oxygen atoms in total. The average molecular weight is 237 g/mol. The zero-order valence-electron chi connectivity index (χ0n) is 9.70. The van der Waals surface area contributed by atoms with Gasteiger partial charge in [-0.15, -0.1) is 11.8 Å². The lowest BCUT2D eigenvalue weighted by Gasteiger charge is -2.24. The number of aromatic hydroxyl groups is 1. The molecule has 0 saturated carbocycles. The van der Waals surface area contributed by atoms with Gasteiger partial charge in [0.25, 0.3) is 0 Å². The average Bonchev–Trinajstić information content (AvgIpc) is 2.31. The fourth-order valence-corrected chi connectivity index (χ4v) is 3.02. The molecule has 1 aromatic carbocycles. The predicted molar refractivity (Wildman–Crippen MR) is 69.2 cm³/mol. The molecule has 0 radical (unpaired) electrons. The van der Waals surface area contributed by atoms with Gasteiger partial charge in [0.05, 0.1) is 4.90 Å². The molecule has 3 heteroatoms. The SMILES string of the molecule is CSc1c(O)cccc1CC1CCCCN1. The number of hydrogen-bond acceptors (Lipinski definition) is 3. The fourth-order valence-electron chi connectivity index (χ4n) is 2.33. The van der Waals surface area contributed by atoms with Crippen LogP contribution in [0.25, 0.3) is 0 Å². The summed E-state index contributed by atoms with van der Waals surface area (Å²) in [6, 6.07) is 6.42. The molecule has 0 spiro atoms. The van der Waals surface area contributed by atoms with Crippen LogP contribution in [0.4, 0.5) is 0 Å². The molecule has 88 valence electrons. The van der Waals surface area contributed by atoms with E-state index in [0.717, 1.165) is 17.9 Å². The first-order chi connectivity index (χ1) is 7.81. The van der Waals surface area contributed by atoms with Gasteiger partial charge < -0.3 is 10.4 Å². The second-order valence-corrected chi connectivity index (χ2v) is 5.14. The molecule has 1 aliphatic heterocycles. The number of phenolic OH excluding ortho intramolecular Hbond substituents is 1. The largest absolute Gasteiger partial charge is 0.507 e. The lowest BCUT2D eigenvalue weighted by atomic mass is 9.98. The summed E-state index contributed by atoms with van der Waals surface area (Å²) in [4.78, 5) is 1.04. The summed E-state index contributed by atoms with van der Waals surface area (Å²) >= 11 is 1.63. The highest BCUT2D eigenvalue weighted by atomic mass is 32.2. The Morgan fingerprint density at radius 3 is 3.00 bits per heavy atom. The number of rotatable bonds is 3. The molecule has 0 aromatic heterocycles. The molecule has 2 N–H and O–H groups in total. The number of hydrogen-bond donors (Lipinski definition) is 2. The molecule has 1 atom stereocenters. The highest BCUT2D eigenvalue weighted by Gasteiger charge is 2.15. The number of benzene rings is 1. The van der Waals surface area contributed by atoms with Gasteiger partial charge in [0.1, 0.15) is 5.75 Å². The maximum Gasteiger partial charge on any atom is 0.129 e. The Morgan fingerprint density at radius 1 is 1.44 bits per heavy atom. The molecule has 1 aromatic rings. The van der Waals surface area contributed by atoms with Gasteiger partial charge in [-0.2, -0.15) is 0 Å². The Bertz CT molecular complexity index is 348. The molecule has 1 fully saturated rings. The Hall–Kier alpha value is -0.670. The van der Waals surface area contributed by atoms with E-state index in [1.807, 2.05) is 12.3 Å². The molecule has 0 bridgehead atoms. The summed E-state index contributed by atoms with van der Waals surface area (Å²) in [5.74, 6) is 0.417. The highest BCUT2D eigenvalue weighted by Crippen LogP contribution is 2.31. The van der Waals surface area contributed by atoms with Crippen LogP contribution in [-0.4, -0.2) is 23.9 Å². The highest BCUT2D eigenvalue weighted by molar-refractivity contribution is 7.98. The second kappa shape index (κ2) is 5.60. The zero-order chi connectivity index (χ0) is 11.4. The van der Waals surface area contributed by atoms with E-state index in [-0.39, 0.29) is 0 Å². The van der Waals surface area contributed by atoms with E-state index in [9.17, 15) is 5.11 Å². The van der Waals surface area contributed by atoms with Crippen LogP contribution in [0.1, 0.15) is 24.8 Å². The summed E-state index contributed by atoms with van der Waals surface area (Å²) in [5, 5.41) is 13.3. The van der Waals surface area contributed by atoms with Crippen LogP contribution in [0.15, 0.2) is 23.1 Å². The Balaban J connectivity index is 2.10. The summed E-state index contributed by atoms with van der Waals surface area (Å²) in [6.45, 7) is 1.14. The van der Waals surface area contributed by atoms with Crippen molar-refractivity contribution < 1.29 is 5.11 Å². The summed E-state index contributed by atoms with van der Waals surface area (Å²) in [7, 11) is 0. The lowest BCUT2D eigenvalue weighted by Crippen LogP contribution is -2.35. The van der Waals surface area contributed by atoms with Crippen molar-refractivity contribution in [1.29, 1.82) is 0 Å². The molecular formula is C13H19NOS. The van der Waals surface area contributed by atoms with E-state index >= 15 is 0 Å².